The van der Waals surface area contributed by atoms with Crippen LogP contribution in [0.1, 0.15) is 59.8 Å². The molecule has 1 aliphatic carbocycles. The first-order chi connectivity index (χ1) is 11.3. The molecular weight excluding hydrogens is 308 g/mol. The second kappa shape index (κ2) is 6.19. The van der Waals surface area contributed by atoms with Gasteiger partial charge in [-0.15, -0.1) is 11.8 Å². The standard InChI is InChI=1S/C18H22N2O2S/c21-16(19-12-7-3-1-2-4-8-12)15-11-23-18-14-10-6-5-9-13(14)17(22)20(15)18/h5-6,9-10,12,15,18H,1-4,7-8,11H2,(H,19,21)/t15-,18+/m1/s1. The van der Waals surface area contributed by atoms with E-state index in [1.807, 2.05) is 24.3 Å². The normalized spacial score (nSPS) is 27.5. The lowest BCUT2D eigenvalue weighted by Crippen LogP contribution is -2.48. The zero-order chi connectivity index (χ0) is 15.8. The monoisotopic (exact) mass is 330 g/mol. The Balaban J connectivity index is 1.49. The van der Waals surface area contributed by atoms with Crippen molar-refractivity contribution in [2.24, 2.45) is 0 Å². The van der Waals surface area contributed by atoms with Gasteiger partial charge < -0.3 is 10.2 Å². The van der Waals surface area contributed by atoms with Crippen molar-refractivity contribution < 1.29 is 9.59 Å². The van der Waals surface area contributed by atoms with Gasteiger partial charge in [0.2, 0.25) is 5.91 Å². The van der Waals surface area contributed by atoms with E-state index in [9.17, 15) is 9.59 Å². The Morgan fingerprint density at radius 3 is 2.65 bits per heavy atom. The van der Waals surface area contributed by atoms with Gasteiger partial charge >= 0.3 is 0 Å². The van der Waals surface area contributed by atoms with Crippen molar-refractivity contribution in [3.05, 3.63) is 35.4 Å². The van der Waals surface area contributed by atoms with Gasteiger partial charge in [0.25, 0.3) is 5.91 Å². The average molecular weight is 330 g/mol. The second-order valence-corrected chi connectivity index (χ2v) is 7.81. The van der Waals surface area contributed by atoms with E-state index in [0.29, 0.717) is 5.75 Å². The first-order valence-electron chi connectivity index (χ1n) is 8.59. The molecule has 1 saturated carbocycles. The fourth-order valence-electron chi connectivity index (χ4n) is 3.96. The number of carbonyl (C=O) groups is 2. The summed E-state index contributed by atoms with van der Waals surface area (Å²) in [7, 11) is 0. The lowest BCUT2D eigenvalue weighted by molar-refractivity contribution is -0.125. The minimum atomic E-state index is -0.326. The number of rotatable bonds is 2. The molecule has 4 nitrogen and oxygen atoms in total. The molecule has 1 aromatic carbocycles. The van der Waals surface area contributed by atoms with Crippen LogP contribution in [0.15, 0.2) is 24.3 Å². The maximum Gasteiger partial charge on any atom is 0.256 e. The van der Waals surface area contributed by atoms with Gasteiger partial charge in [0, 0.05) is 17.4 Å². The predicted octanol–water partition coefficient (Wildman–Crippen LogP) is 3.10. The number of nitrogens with zero attached hydrogens (tertiary/aromatic N) is 1. The number of carbonyl (C=O) groups excluding carboxylic acids is 2. The summed E-state index contributed by atoms with van der Waals surface area (Å²) in [6.45, 7) is 0. The lowest BCUT2D eigenvalue weighted by Gasteiger charge is -2.25. The summed E-state index contributed by atoms with van der Waals surface area (Å²) in [5.41, 5.74) is 1.82. The summed E-state index contributed by atoms with van der Waals surface area (Å²) >= 11 is 1.71. The van der Waals surface area contributed by atoms with Gasteiger partial charge in [0.1, 0.15) is 11.4 Å². The summed E-state index contributed by atoms with van der Waals surface area (Å²) < 4.78 is 0. The highest BCUT2D eigenvalue weighted by Crippen LogP contribution is 2.48. The van der Waals surface area contributed by atoms with Gasteiger partial charge in [0.15, 0.2) is 0 Å². The largest absolute Gasteiger partial charge is 0.352 e. The van der Waals surface area contributed by atoms with Crippen molar-refractivity contribution in [1.82, 2.24) is 10.2 Å². The maximum atomic E-state index is 12.7. The summed E-state index contributed by atoms with van der Waals surface area (Å²) in [5.74, 6) is 0.744. The first kappa shape index (κ1) is 15.1. The zero-order valence-corrected chi connectivity index (χ0v) is 14.0. The molecule has 3 aliphatic rings. The van der Waals surface area contributed by atoms with Gasteiger partial charge in [-0.25, -0.2) is 0 Å². The third-order valence-electron chi connectivity index (χ3n) is 5.20. The Labute approximate surface area is 141 Å². The van der Waals surface area contributed by atoms with E-state index in [-0.39, 0.29) is 29.3 Å². The minimum absolute atomic E-state index is 0.0108. The van der Waals surface area contributed by atoms with E-state index in [4.69, 9.17) is 0 Å². The molecule has 4 rings (SSSR count). The number of hydrogen-bond donors (Lipinski definition) is 1. The third kappa shape index (κ3) is 2.65. The van der Waals surface area contributed by atoms with E-state index < -0.39 is 0 Å². The highest BCUT2D eigenvalue weighted by molar-refractivity contribution is 7.99. The van der Waals surface area contributed by atoms with E-state index >= 15 is 0 Å². The molecule has 23 heavy (non-hydrogen) atoms. The Morgan fingerprint density at radius 2 is 1.87 bits per heavy atom. The quantitative estimate of drug-likeness (QED) is 0.848. The smallest absolute Gasteiger partial charge is 0.256 e. The molecule has 0 bridgehead atoms. The van der Waals surface area contributed by atoms with Crippen molar-refractivity contribution >= 4 is 23.6 Å². The molecule has 0 aromatic heterocycles. The average Bonchev–Trinajstić information content (AvgIpc) is 3.00. The molecule has 0 unspecified atom stereocenters. The maximum absolute atomic E-state index is 12.7. The Kier molecular flexibility index (Phi) is 4.05. The minimum Gasteiger partial charge on any atom is -0.352 e. The summed E-state index contributed by atoms with van der Waals surface area (Å²) in [6.07, 6.45) is 7.08. The molecule has 1 N–H and O–H groups in total. The molecule has 0 spiro atoms. The molecule has 2 amide bonds. The van der Waals surface area contributed by atoms with Crippen molar-refractivity contribution in [2.75, 3.05) is 5.75 Å². The van der Waals surface area contributed by atoms with Crippen LogP contribution in [0.2, 0.25) is 0 Å². The van der Waals surface area contributed by atoms with Gasteiger partial charge in [-0.05, 0) is 24.5 Å². The lowest BCUT2D eigenvalue weighted by atomic mass is 10.1. The van der Waals surface area contributed by atoms with Crippen LogP contribution in [-0.2, 0) is 4.79 Å². The number of fused-ring (bicyclic) bond motifs is 3. The highest BCUT2D eigenvalue weighted by Gasteiger charge is 2.48. The van der Waals surface area contributed by atoms with Crippen molar-refractivity contribution in [1.29, 1.82) is 0 Å². The highest BCUT2D eigenvalue weighted by atomic mass is 32.2. The summed E-state index contributed by atoms with van der Waals surface area (Å²) in [5, 5.41) is 3.23. The third-order valence-corrected chi connectivity index (χ3v) is 6.50. The van der Waals surface area contributed by atoms with Crippen LogP contribution < -0.4 is 5.32 Å². The summed E-state index contributed by atoms with van der Waals surface area (Å²) in [4.78, 5) is 27.2. The van der Waals surface area contributed by atoms with E-state index in [1.165, 1.54) is 25.7 Å². The van der Waals surface area contributed by atoms with Crippen molar-refractivity contribution in [3.8, 4) is 0 Å². The summed E-state index contributed by atoms with van der Waals surface area (Å²) in [6, 6.07) is 7.70. The number of benzene rings is 1. The number of thioether (sulfide) groups is 1. The van der Waals surface area contributed by atoms with Gasteiger partial charge in [0.05, 0.1) is 0 Å². The van der Waals surface area contributed by atoms with E-state index in [0.717, 1.165) is 24.0 Å². The Morgan fingerprint density at radius 1 is 1.13 bits per heavy atom. The van der Waals surface area contributed by atoms with E-state index in [2.05, 4.69) is 5.32 Å². The molecule has 0 radical (unpaired) electrons. The van der Waals surface area contributed by atoms with Crippen LogP contribution in [0, 0.1) is 0 Å². The molecule has 1 aromatic rings. The van der Waals surface area contributed by atoms with Gasteiger partial charge in [-0.2, -0.15) is 0 Å². The SMILES string of the molecule is O=C(NC1CCCCCC1)[C@H]1CS[C@H]2c3ccccc3C(=O)N12. The molecule has 5 heteroatoms. The van der Waals surface area contributed by atoms with Gasteiger partial charge in [-0.1, -0.05) is 43.9 Å². The molecule has 2 atom stereocenters. The topological polar surface area (TPSA) is 49.4 Å². The van der Waals surface area contributed by atoms with Crippen LogP contribution in [-0.4, -0.2) is 34.6 Å². The van der Waals surface area contributed by atoms with E-state index in [1.54, 1.807) is 16.7 Å². The fourth-order valence-corrected chi connectivity index (χ4v) is 5.43. The molecule has 122 valence electrons. The second-order valence-electron chi connectivity index (χ2n) is 6.70. The molecule has 2 heterocycles. The Bertz CT molecular complexity index is 625. The fraction of sp³-hybridized carbons (Fsp3) is 0.556. The van der Waals surface area contributed by atoms with Crippen molar-refractivity contribution in [2.45, 2.75) is 56.0 Å². The number of amides is 2. The molecule has 2 fully saturated rings. The molecule has 2 aliphatic heterocycles. The van der Waals surface area contributed by atoms with Crippen LogP contribution >= 0.6 is 11.8 Å². The first-order valence-corrected chi connectivity index (χ1v) is 9.64. The zero-order valence-electron chi connectivity index (χ0n) is 13.2. The van der Waals surface area contributed by atoms with Crippen LogP contribution in [0.5, 0.6) is 0 Å². The molecular formula is C18H22N2O2S. The van der Waals surface area contributed by atoms with Gasteiger partial charge in [-0.3, -0.25) is 9.59 Å². The van der Waals surface area contributed by atoms with Crippen LogP contribution in [0.3, 0.4) is 0 Å². The number of nitrogens with one attached hydrogen (secondary N) is 1. The van der Waals surface area contributed by atoms with Crippen LogP contribution in [0.4, 0.5) is 0 Å². The Hall–Kier alpha value is -1.49. The van der Waals surface area contributed by atoms with Crippen molar-refractivity contribution in [3.63, 3.8) is 0 Å². The number of hydrogen-bond acceptors (Lipinski definition) is 3. The molecule has 1 saturated heterocycles. The van der Waals surface area contributed by atoms with Crippen LogP contribution in [0.25, 0.3) is 0 Å². The predicted molar refractivity (Wildman–Crippen MR) is 91.2 cm³/mol.